The van der Waals surface area contributed by atoms with Gasteiger partial charge in [0.05, 0.1) is 13.2 Å². The van der Waals surface area contributed by atoms with Gasteiger partial charge in [0.1, 0.15) is 0 Å². The Bertz CT molecular complexity index is 701. The summed E-state index contributed by atoms with van der Waals surface area (Å²) >= 11 is 0. The molecule has 0 aliphatic carbocycles. The van der Waals surface area contributed by atoms with Crippen molar-refractivity contribution in [2.75, 3.05) is 26.3 Å². The van der Waals surface area contributed by atoms with Crippen LogP contribution in [0.25, 0.3) is 10.8 Å². The second-order valence-corrected chi connectivity index (χ2v) is 6.30. The summed E-state index contributed by atoms with van der Waals surface area (Å²) in [6, 6.07) is 14.1. The highest BCUT2D eigenvalue weighted by Crippen LogP contribution is 2.27. The number of piperidine rings is 1. The van der Waals surface area contributed by atoms with E-state index in [0.29, 0.717) is 19.1 Å². The molecule has 0 atom stereocenters. The summed E-state index contributed by atoms with van der Waals surface area (Å²) in [5, 5.41) is 2.28. The number of carbonyl (C=O) groups excluding carboxylic acids is 1. The zero-order chi connectivity index (χ0) is 15.6. The number of carbonyl (C=O) groups is 1. The van der Waals surface area contributed by atoms with E-state index in [1.165, 1.54) is 5.39 Å². The molecular weight excluding hydrogens is 290 g/mol. The molecule has 23 heavy (non-hydrogen) atoms. The zero-order valence-electron chi connectivity index (χ0n) is 13.1. The molecule has 0 unspecified atom stereocenters. The second kappa shape index (κ2) is 6.30. The highest BCUT2D eigenvalue weighted by Gasteiger charge is 2.31. The number of amides is 1. The first-order valence-corrected chi connectivity index (χ1v) is 8.32. The van der Waals surface area contributed by atoms with E-state index in [1.54, 1.807) is 0 Å². The third-order valence-electron chi connectivity index (χ3n) is 4.86. The van der Waals surface area contributed by atoms with Gasteiger partial charge in [0, 0.05) is 24.6 Å². The molecule has 2 heterocycles. The van der Waals surface area contributed by atoms with Crippen molar-refractivity contribution in [3.63, 3.8) is 0 Å². The Kier molecular flexibility index (Phi) is 4.02. The molecule has 120 valence electrons. The summed E-state index contributed by atoms with van der Waals surface area (Å²) in [6.45, 7) is 2.95. The Morgan fingerprint density at radius 2 is 1.65 bits per heavy atom. The Morgan fingerprint density at radius 1 is 0.957 bits per heavy atom. The van der Waals surface area contributed by atoms with Crippen LogP contribution in [0.4, 0.5) is 0 Å². The molecule has 2 saturated heterocycles. The van der Waals surface area contributed by atoms with Crippen LogP contribution in [-0.4, -0.2) is 43.4 Å². The number of likely N-dealkylation sites (tertiary alicyclic amines) is 1. The van der Waals surface area contributed by atoms with Crippen LogP contribution in [0.3, 0.4) is 0 Å². The van der Waals surface area contributed by atoms with E-state index >= 15 is 0 Å². The lowest BCUT2D eigenvalue weighted by Crippen LogP contribution is -2.41. The highest BCUT2D eigenvalue weighted by molar-refractivity contribution is 5.98. The maximum atomic E-state index is 12.7. The van der Waals surface area contributed by atoms with Crippen LogP contribution in [0.5, 0.6) is 0 Å². The molecule has 2 aliphatic rings. The Morgan fingerprint density at radius 3 is 2.39 bits per heavy atom. The topological polar surface area (TPSA) is 38.8 Å². The van der Waals surface area contributed by atoms with Gasteiger partial charge in [-0.25, -0.2) is 0 Å². The van der Waals surface area contributed by atoms with Gasteiger partial charge < -0.3 is 14.4 Å². The minimum Gasteiger partial charge on any atom is -0.350 e. The molecule has 2 fully saturated rings. The van der Waals surface area contributed by atoms with Gasteiger partial charge in [0.2, 0.25) is 0 Å². The molecule has 2 aromatic carbocycles. The fourth-order valence-corrected chi connectivity index (χ4v) is 3.53. The van der Waals surface area contributed by atoms with Gasteiger partial charge >= 0.3 is 0 Å². The largest absolute Gasteiger partial charge is 0.350 e. The minimum atomic E-state index is -0.0621. The molecule has 0 N–H and O–H groups in total. The minimum absolute atomic E-state index is 0.0621. The quantitative estimate of drug-likeness (QED) is 0.855. The van der Waals surface area contributed by atoms with E-state index in [0.717, 1.165) is 36.9 Å². The van der Waals surface area contributed by atoms with Crippen LogP contribution in [0.15, 0.2) is 42.5 Å². The zero-order valence-corrected chi connectivity index (χ0v) is 13.1. The van der Waals surface area contributed by atoms with E-state index in [1.807, 2.05) is 41.3 Å². The van der Waals surface area contributed by atoms with Crippen molar-refractivity contribution in [3.05, 3.63) is 48.0 Å². The smallest absolute Gasteiger partial charge is 0.253 e. The number of fused-ring (bicyclic) bond motifs is 1. The van der Waals surface area contributed by atoms with Crippen LogP contribution in [0.1, 0.15) is 23.2 Å². The molecule has 4 heteroatoms. The molecule has 0 radical (unpaired) electrons. The first kappa shape index (κ1) is 14.7. The fraction of sp³-hybridized carbons (Fsp3) is 0.421. The van der Waals surface area contributed by atoms with E-state index in [2.05, 4.69) is 6.07 Å². The van der Waals surface area contributed by atoms with Crippen molar-refractivity contribution in [2.45, 2.75) is 19.1 Å². The van der Waals surface area contributed by atoms with Gasteiger partial charge in [-0.05, 0) is 35.7 Å². The van der Waals surface area contributed by atoms with E-state index in [9.17, 15) is 4.79 Å². The Balaban J connectivity index is 1.44. The Labute approximate surface area is 136 Å². The van der Waals surface area contributed by atoms with Gasteiger partial charge in [-0.3, -0.25) is 4.79 Å². The molecule has 0 spiro atoms. The predicted octanol–water partition coefficient (Wildman–Crippen LogP) is 3.06. The maximum absolute atomic E-state index is 12.7. The monoisotopic (exact) mass is 311 g/mol. The second-order valence-electron chi connectivity index (χ2n) is 6.30. The number of nitrogens with zero attached hydrogens (tertiary/aromatic N) is 1. The van der Waals surface area contributed by atoms with E-state index in [-0.39, 0.29) is 12.2 Å². The van der Waals surface area contributed by atoms with Gasteiger partial charge in [0.25, 0.3) is 5.91 Å². The van der Waals surface area contributed by atoms with E-state index < -0.39 is 0 Å². The lowest BCUT2D eigenvalue weighted by Gasteiger charge is -2.34. The molecule has 2 aromatic rings. The molecule has 0 aromatic heterocycles. The molecule has 4 nitrogen and oxygen atoms in total. The third-order valence-corrected chi connectivity index (χ3v) is 4.86. The van der Waals surface area contributed by atoms with Crippen molar-refractivity contribution in [3.8, 4) is 0 Å². The summed E-state index contributed by atoms with van der Waals surface area (Å²) in [5.74, 6) is 0.542. The lowest BCUT2D eigenvalue weighted by atomic mass is 9.95. The average Bonchev–Trinajstić information content (AvgIpc) is 3.15. The van der Waals surface area contributed by atoms with Crippen LogP contribution >= 0.6 is 0 Å². The first-order chi connectivity index (χ1) is 11.3. The summed E-state index contributed by atoms with van der Waals surface area (Å²) in [7, 11) is 0. The van der Waals surface area contributed by atoms with Crippen LogP contribution in [0.2, 0.25) is 0 Å². The standard InChI is InChI=1S/C19H21NO3/c21-18(17-6-5-14-3-1-2-4-16(14)13-17)20-9-7-15(8-10-20)19-22-11-12-23-19/h1-6,13,15,19H,7-12H2. The van der Waals surface area contributed by atoms with Gasteiger partial charge in [-0.15, -0.1) is 0 Å². The predicted molar refractivity (Wildman–Crippen MR) is 88.3 cm³/mol. The van der Waals surface area contributed by atoms with Crippen LogP contribution < -0.4 is 0 Å². The number of rotatable bonds is 2. The number of hydrogen-bond donors (Lipinski definition) is 0. The molecule has 2 aliphatic heterocycles. The van der Waals surface area contributed by atoms with Gasteiger partial charge in [-0.1, -0.05) is 30.3 Å². The van der Waals surface area contributed by atoms with Crippen molar-refractivity contribution in [1.82, 2.24) is 4.90 Å². The maximum Gasteiger partial charge on any atom is 0.253 e. The number of benzene rings is 2. The van der Waals surface area contributed by atoms with Crippen molar-refractivity contribution in [2.24, 2.45) is 5.92 Å². The fourth-order valence-electron chi connectivity index (χ4n) is 3.53. The summed E-state index contributed by atoms with van der Waals surface area (Å²) in [6.07, 6.45) is 1.83. The average molecular weight is 311 g/mol. The summed E-state index contributed by atoms with van der Waals surface area (Å²) in [5.41, 5.74) is 0.774. The molecule has 1 amide bonds. The van der Waals surface area contributed by atoms with Crippen molar-refractivity contribution in [1.29, 1.82) is 0 Å². The molecular formula is C19H21NO3. The molecule has 0 bridgehead atoms. The number of hydrogen-bond acceptors (Lipinski definition) is 3. The lowest BCUT2D eigenvalue weighted by molar-refractivity contribution is -0.0956. The highest BCUT2D eigenvalue weighted by atomic mass is 16.7. The summed E-state index contributed by atoms with van der Waals surface area (Å²) < 4.78 is 11.2. The first-order valence-electron chi connectivity index (χ1n) is 8.32. The van der Waals surface area contributed by atoms with Crippen molar-refractivity contribution >= 4 is 16.7 Å². The SMILES string of the molecule is O=C(c1ccc2ccccc2c1)N1CCC(C2OCCO2)CC1. The van der Waals surface area contributed by atoms with Crippen molar-refractivity contribution < 1.29 is 14.3 Å². The van der Waals surface area contributed by atoms with Gasteiger partial charge in [0.15, 0.2) is 6.29 Å². The molecule has 0 saturated carbocycles. The molecule has 4 rings (SSSR count). The van der Waals surface area contributed by atoms with Crippen LogP contribution in [-0.2, 0) is 9.47 Å². The number of ether oxygens (including phenoxy) is 2. The Hall–Kier alpha value is -1.91. The van der Waals surface area contributed by atoms with Gasteiger partial charge in [-0.2, -0.15) is 0 Å². The van der Waals surface area contributed by atoms with E-state index in [4.69, 9.17) is 9.47 Å². The third kappa shape index (κ3) is 2.96. The normalized spacial score (nSPS) is 20.3. The van der Waals surface area contributed by atoms with Crippen LogP contribution in [0, 0.1) is 5.92 Å². The summed E-state index contributed by atoms with van der Waals surface area (Å²) in [4.78, 5) is 14.7.